The summed E-state index contributed by atoms with van der Waals surface area (Å²) in [7, 11) is 0. The Morgan fingerprint density at radius 1 is 0.423 bits per heavy atom. The zero-order chi connectivity index (χ0) is 52.6. The van der Waals surface area contributed by atoms with Crippen LogP contribution in [0.15, 0.2) is 291 Å². The molecule has 0 saturated carbocycles. The van der Waals surface area contributed by atoms with Crippen LogP contribution in [0.25, 0.3) is 94.3 Å². The summed E-state index contributed by atoms with van der Waals surface area (Å²) in [5, 5.41) is 2.51. The van der Waals surface area contributed by atoms with Gasteiger partial charge in [-0.3, -0.25) is 0 Å². The van der Waals surface area contributed by atoms with Gasteiger partial charge in [-0.15, -0.1) is 0 Å². The molecule has 0 aliphatic heterocycles. The monoisotopic (exact) mass is 1000 g/mol. The Morgan fingerprint density at radius 2 is 0.936 bits per heavy atom. The van der Waals surface area contributed by atoms with E-state index < -0.39 is 0 Å². The Balaban J connectivity index is 0.870. The molecule has 0 radical (unpaired) electrons. The Hall–Kier alpha value is -9.50. The van der Waals surface area contributed by atoms with Gasteiger partial charge in [-0.25, -0.2) is 0 Å². The van der Waals surface area contributed by atoms with E-state index in [0.29, 0.717) is 0 Å². The Morgan fingerprint density at radius 3 is 1.64 bits per heavy atom. The number of aromatic nitrogens is 1. The first kappa shape index (κ1) is 48.2. The molecule has 0 bridgehead atoms. The van der Waals surface area contributed by atoms with Gasteiger partial charge in [0, 0.05) is 33.3 Å². The third-order valence-electron chi connectivity index (χ3n) is 15.9. The Kier molecular flexibility index (Phi) is 12.7. The van der Waals surface area contributed by atoms with Gasteiger partial charge >= 0.3 is 0 Å². The molecule has 1 aromatic heterocycles. The molecule has 11 aromatic carbocycles. The zero-order valence-electron chi connectivity index (χ0n) is 44.4. The van der Waals surface area contributed by atoms with E-state index in [1.807, 2.05) is 0 Å². The first-order valence-corrected chi connectivity index (χ1v) is 27.5. The molecule has 13 rings (SSSR count). The van der Waals surface area contributed by atoms with E-state index in [9.17, 15) is 0 Å². The molecule has 0 amide bonds. The van der Waals surface area contributed by atoms with Gasteiger partial charge in [0.15, 0.2) is 0 Å². The lowest BCUT2D eigenvalue weighted by Gasteiger charge is -2.27. The number of hydrogen-bond acceptors (Lipinski definition) is 1. The molecule has 374 valence electrons. The molecule has 12 aromatic rings. The first-order chi connectivity index (χ1) is 38.4. The SMILES string of the molecule is CC/C=C(\C=C/Cc1ccc(-c2ccccc2)cc1)N(c1ccc(-c2ccc(-c3ccccc3)cc2)cc1)c1cccc(-c2cccc(-c3cccc4c3c3ccccc3n4-c3cccc4c3C(C)(C)c3ccccc3-4)c2)c1. The van der Waals surface area contributed by atoms with Crippen LogP contribution in [0.2, 0.25) is 0 Å². The average Bonchev–Trinajstić information content (AvgIpc) is 4.20. The second-order valence-corrected chi connectivity index (χ2v) is 21.1. The molecule has 1 aliphatic rings. The minimum Gasteiger partial charge on any atom is -0.311 e. The summed E-state index contributed by atoms with van der Waals surface area (Å²) in [6.45, 7) is 6.99. The van der Waals surface area contributed by atoms with E-state index in [0.717, 1.165) is 35.5 Å². The van der Waals surface area contributed by atoms with Gasteiger partial charge in [-0.1, -0.05) is 251 Å². The Bertz CT molecular complexity index is 4190. The van der Waals surface area contributed by atoms with Crippen molar-refractivity contribution in [3.05, 3.63) is 308 Å². The van der Waals surface area contributed by atoms with Crippen LogP contribution in [0.3, 0.4) is 0 Å². The minimum atomic E-state index is -0.158. The molecule has 1 heterocycles. The van der Waals surface area contributed by atoms with Crippen molar-refractivity contribution in [1.82, 2.24) is 4.57 Å². The zero-order valence-corrected chi connectivity index (χ0v) is 44.4. The van der Waals surface area contributed by atoms with Crippen LogP contribution in [-0.2, 0) is 11.8 Å². The number of fused-ring (bicyclic) bond motifs is 6. The summed E-state index contributed by atoms with van der Waals surface area (Å²) < 4.78 is 2.52. The number of hydrogen-bond donors (Lipinski definition) is 0. The van der Waals surface area contributed by atoms with Crippen molar-refractivity contribution in [2.24, 2.45) is 0 Å². The topological polar surface area (TPSA) is 8.17 Å². The van der Waals surface area contributed by atoms with Crippen LogP contribution in [0.1, 0.15) is 43.9 Å². The predicted molar refractivity (Wildman–Crippen MR) is 332 cm³/mol. The molecule has 0 N–H and O–H groups in total. The maximum Gasteiger partial charge on any atom is 0.0547 e. The smallest absolute Gasteiger partial charge is 0.0547 e. The van der Waals surface area contributed by atoms with Gasteiger partial charge in [0.2, 0.25) is 0 Å². The van der Waals surface area contributed by atoms with Gasteiger partial charge in [0.1, 0.15) is 0 Å². The molecule has 2 nitrogen and oxygen atoms in total. The summed E-state index contributed by atoms with van der Waals surface area (Å²) in [5.74, 6) is 0. The standard InChI is InChI=1S/C76H60N2/c1-4-20-63(29-15-21-53-39-41-56(42-40-53)54-22-7-5-8-23-54)77(64-49-47-59(48-50-64)58-45-43-57(44-46-58)55-24-9-6-10-25-55)65-30-17-27-61(52-65)60-26-16-28-62(51-60)66-33-18-37-72-74(66)69-32-12-14-36-71(69)78(72)73-38-19-34-68-67-31-11-13-35-70(67)76(2,3)75(68)73/h5-20,22-52H,4,21H2,1-3H3/b29-15-,63-20+. The lowest BCUT2D eigenvalue weighted by Crippen LogP contribution is -2.17. The highest BCUT2D eigenvalue weighted by Crippen LogP contribution is 2.52. The summed E-state index contributed by atoms with van der Waals surface area (Å²) in [4.78, 5) is 2.42. The minimum absolute atomic E-state index is 0.158. The van der Waals surface area contributed by atoms with E-state index in [1.165, 1.54) is 105 Å². The predicted octanol–water partition coefficient (Wildman–Crippen LogP) is 20.7. The fourth-order valence-corrected chi connectivity index (χ4v) is 12.2. The summed E-state index contributed by atoms with van der Waals surface area (Å²) in [6.07, 6.45) is 8.66. The number of benzene rings is 11. The maximum absolute atomic E-state index is 2.52. The number of para-hydroxylation sites is 1. The molecule has 1 aliphatic carbocycles. The molecule has 0 spiro atoms. The molecule has 2 heteroatoms. The van der Waals surface area contributed by atoms with Crippen molar-refractivity contribution in [2.75, 3.05) is 4.90 Å². The lowest BCUT2D eigenvalue weighted by atomic mass is 9.81. The number of anilines is 2. The molecular formula is C76H60N2. The first-order valence-electron chi connectivity index (χ1n) is 27.5. The molecular weight excluding hydrogens is 941 g/mol. The van der Waals surface area contributed by atoms with Gasteiger partial charge in [-0.2, -0.15) is 0 Å². The van der Waals surface area contributed by atoms with E-state index in [-0.39, 0.29) is 5.41 Å². The van der Waals surface area contributed by atoms with Crippen LogP contribution in [0, 0.1) is 0 Å². The fourth-order valence-electron chi connectivity index (χ4n) is 12.2. The third-order valence-corrected chi connectivity index (χ3v) is 15.9. The molecule has 0 fully saturated rings. The van der Waals surface area contributed by atoms with Crippen molar-refractivity contribution in [1.29, 1.82) is 0 Å². The van der Waals surface area contributed by atoms with Crippen molar-refractivity contribution >= 4 is 33.2 Å². The van der Waals surface area contributed by atoms with Crippen LogP contribution in [0.5, 0.6) is 0 Å². The van der Waals surface area contributed by atoms with Crippen LogP contribution in [-0.4, -0.2) is 4.57 Å². The quantitative estimate of drug-likeness (QED) is 0.105. The lowest BCUT2D eigenvalue weighted by molar-refractivity contribution is 0.656. The van der Waals surface area contributed by atoms with E-state index >= 15 is 0 Å². The largest absolute Gasteiger partial charge is 0.311 e. The van der Waals surface area contributed by atoms with E-state index in [2.05, 4.69) is 315 Å². The van der Waals surface area contributed by atoms with Crippen molar-refractivity contribution in [2.45, 2.75) is 39.0 Å². The van der Waals surface area contributed by atoms with E-state index in [4.69, 9.17) is 0 Å². The van der Waals surface area contributed by atoms with Gasteiger partial charge in [0.05, 0.1) is 16.7 Å². The van der Waals surface area contributed by atoms with Crippen molar-refractivity contribution in [3.63, 3.8) is 0 Å². The number of allylic oxidation sites excluding steroid dienone is 3. The number of nitrogens with zero attached hydrogens (tertiary/aromatic N) is 2. The Labute approximate surface area is 459 Å². The highest BCUT2D eigenvalue weighted by atomic mass is 15.1. The molecule has 0 unspecified atom stereocenters. The molecule has 0 atom stereocenters. The van der Waals surface area contributed by atoms with Gasteiger partial charge in [0.25, 0.3) is 0 Å². The molecule has 78 heavy (non-hydrogen) atoms. The highest BCUT2D eigenvalue weighted by molar-refractivity contribution is 6.16. The van der Waals surface area contributed by atoms with Gasteiger partial charge in [-0.05, 0) is 151 Å². The van der Waals surface area contributed by atoms with Crippen LogP contribution >= 0.6 is 0 Å². The third kappa shape index (κ3) is 8.85. The summed E-state index contributed by atoms with van der Waals surface area (Å²) >= 11 is 0. The number of rotatable bonds is 13. The van der Waals surface area contributed by atoms with Crippen LogP contribution in [0.4, 0.5) is 11.4 Å². The van der Waals surface area contributed by atoms with Crippen molar-refractivity contribution in [3.8, 4) is 72.4 Å². The normalized spacial score (nSPS) is 12.8. The molecule has 0 saturated heterocycles. The second kappa shape index (κ2) is 20.6. The van der Waals surface area contributed by atoms with Gasteiger partial charge < -0.3 is 9.47 Å². The summed E-state index contributed by atoms with van der Waals surface area (Å²) in [5.41, 5.74) is 25.5. The second-order valence-electron chi connectivity index (χ2n) is 21.1. The van der Waals surface area contributed by atoms with Crippen molar-refractivity contribution < 1.29 is 0 Å². The fraction of sp³-hybridized carbons (Fsp3) is 0.0789. The highest BCUT2D eigenvalue weighted by Gasteiger charge is 2.38. The van der Waals surface area contributed by atoms with E-state index in [1.54, 1.807) is 0 Å². The maximum atomic E-state index is 2.52. The summed E-state index contributed by atoms with van der Waals surface area (Å²) in [6, 6.07) is 98.0. The average molecular weight is 1000 g/mol. The van der Waals surface area contributed by atoms with Crippen LogP contribution < -0.4 is 4.90 Å².